The first-order chi connectivity index (χ1) is 6.38. The lowest BCUT2D eigenvalue weighted by Crippen LogP contribution is -2.39. The van der Waals surface area contributed by atoms with Gasteiger partial charge in [0, 0.05) is 4.87 Å². The van der Waals surface area contributed by atoms with E-state index in [1.165, 1.54) is 0 Å². The molecule has 80 valence electrons. The van der Waals surface area contributed by atoms with Crippen molar-refractivity contribution in [1.82, 2.24) is 0 Å². The normalized spacial score (nSPS) is 28.4. The molecule has 1 aliphatic rings. The number of allylic oxidation sites excluding steroid dienone is 3. The molecule has 0 fully saturated rings. The predicted octanol–water partition coefficient (Wildman–Crippen LogP) is 4.47. The van der Waals surface area contributed by atoms with Crippen molar-refractivity contribution in [2.24, 2.45) is 5.92 Å². The minimum atomic E-state index is -1.03. The minimum Gasteiger partial charge on any atom is -0.130 e. The first-order valence-electron chi connectivity index (χ1n) is 5.33. The summed E-state index contributed by atoms with van der Waals surface area (Å²) in [6, 6.07) is 0. The smallest absolute Gasteiger partial charge is 0.0599 e. The van der Waals surface area contributed by atoms with Crippen molar-refractivity contribution in [3.8, 4) is 0 Å². The molecule has 0 saturated heterocycles. The van der Waals surface area contributed by atoms with Crippen molar-refractivity contribution in [1.29, 1.82) is 0 Å². The second kappa shape index (κ2) is 4.27. The summed E-state index contributed by atoms with van der Waals surface area (Å²) < 4.78 is 0. The topological polar surface area (TPSA) is 0 Å². The van der Waals surface area contributed by atoms with E-state index in [9.17, 15) is 0 Å². The SMILES string of the molecule is C=CCC1C(C)=C(C)SC1[Si](C)(C)C. The molecule has 0 nitrogen and oxygen atoms in total. The molecule has 0 radical (unpaired) electrons. The number of thioether (sulfide) groups is 1. The zero-order valence-electron chi connectivity index (χ0n) is 10.1. The first-order valence-corrected chi connectivity index (χ1v) is 9.78. The van der Waals surface area contributed by atoms with Crippen LogP contribution in [-0.4, -0.2) is 12.9 Å². The third-order valence-corrected chi connectivity index (χ3v) is 8.90. The monoisotopic (exact) mass is 226 g/mol. The maximum atomic E-state index is 3.88. The molecule has 14 heavy (non-hydrogen) atoms. The Hall–Kier alpha value is 0.0469. The Morgan fingerprint density at radius 3 is 2.36 bits per heavy atom. The molecule has 0 amide bonds. The summed E-state index contributed by atoms with van der Waals surface area (Å²) in [6.07, 6.45) is 3.24. The molecule has 2 unspecified atom stereocenters. The summed E-state index contributed by atoms with van der Waals surface area (Å²) in [4.78, 5) is 2.42. The lowest BCUT2D eigenvalue weighted by atomic mass is 9.99. The maximum absolute atomic E-state index is 3.88. The molecule has 0 N–H and O–H groups in total. The highest BCUT2D eigenvalue weighted by atomic mass is 32.2. The zero-order valence-corrected chi connectivity index (χ0v) is 11.9. The van der Waals surface area contributed by atoms with Crippen molar-refractivity contribution in [3.63, 3.8) is 0 Å². The van der Waals surface area contributed by atoms with Crippen LogP contribution in [0.4, 0.5) is 0 Å². The van der Waals surface area contributed by atoms with E-state index in [0.29, 0.717) is 0 Å². The third-order valence-electron chi connectivity index (χ3n) is 3.05. The van der Waals surface area contributed by atoms with Crippen LogP contribution in [0.3, 0.4) is 0 Å². The molecule has 1 aliphatic heterocycles. The highest BCUT2D eigenvalue weighted by Gasteiger charge is 2.39. The van der Waals surface area contributed by atoms with Gasteiger partial charge >= 0.3 is 0 Å². The van der Waals surface area contributed by atoms with Crippen LogP contribution in [0.5, 0.6) is 0 Å². The summed E-state index contributed by atoms with van der Waals surface area (Å²) in [6.45, 7) is 15.9. The summed E-state index contributed by atoms with van der Waals surface area (Å²) >= 11 is 2.12. The van der Waals surface area contributed by atoms with Gasteiger partial charge in [-0.15, -0.1) is 18.3 Å². The van der Waals surface area contributed by atoms with Crippen LogP contribution < -0.4 is 0 Å². The standard InChI is InChI=1S/C12H22SSi/c1-7-8-11-9(2)10(3)13-12(11)14(4,5)6/h7,11-12H,1,8H2,2-6H3. The molecule has 0 aliphatic carbocycles. The van der Waals surface area contributed by atoms with E-state index < -0.39 is 8.07 Å². The third kappa shape index (κ3) is 2.34. The number of rotatable bonds is 3. The van der Waals surface area contributed by atoms with E-state index in [2.05, 4.69) is 57.9 Å². The molecule has 2 atom stereocenters. The van der Waals surface area contributed by atoms with Crippen LogP contribution >= 0.6 is 11.8 Å². The fourth-order valence-corrected chi connectivity index (χ4v) is 6.85. The Morgan fingerprint density at radius 2 is 1.93 bits per heavy atom. The first kappa shape index (κ1) is 12.1. The van der Waals surface area contributed by atoms with Gasteiger partial charge in [0.25, 0.3) is 0 Å². The molecule has 1 rings (SSSR count). The van der Waals surface area contributed by atoms with Crippen LogP contribution in [0, 0.1) is 5.92 Å². The van der Waals surface area contributed by atoms with Gasteiger partial charge in [-0.2, -0.15) is 0 Å². The molecule has 1 heterocycles. The van der Waals surface area contributed by atoms with Crippen LogP contribution in [0.2, 0.25) is 19.6 Å². The van der Waals surface area contributed by atoms with Crippen LogP contribution in [-0.2, 0) is 0 Å². The second-order valence-corrected chi connectivity index (χ2v) is 12.4. The van der Waals surface area contributed by atoms with E-state index in [1.54, 1.807) is 10.5 Å². The highest BCUT2D eigenvalue weighted by Crippen LogP contribution is 2.47. The maximum Gasteiger partial charge on any atom is 0.0599 e. The van der Waals surface area contributed by atoms with Gasteiger partial charge in [0.2, 0.25) is 0 Å². The number of hydrogen-bond donors (Lipinski definition) is 0. The summed E-state index contributed by atoms with van der Waals surface area (Å²) in [5.41, 5.74) is 1.61. The average molecular weight is 226 g/mol. The Bertz CT molecular complexity index is 260. The van der Waals surface area contributed by atoms with E-state index in [4.69, 9.17) is 0 Å². The van der Waals surface area contributed by atoms with Crippen molar-refractivity contribution in [2.45, 2.75) is 44.8 Å². The Kier molecular flexibility index (Phi) is 3.70. The molecule has 2 heteroatoms. The molecular formula is C12H22SSi. The van der Waals surface area contributed by atoms with Crippen LogP contribution in [0.15, 0.2) is 23.1 Å². The predicted molar refractivity (Wildman–Crippen MR) is 71.4 cm³/mol. The van der Waals surface area contributed by atoms with Gasteiger partial charge in [-0.25, -0.2) is 0 Å². The Balaban J connectivity index is 2.88. The lowest BCUT2D eigenvalue weighted by molar-refractivity contribution is 0.674. The van der Waals surface area contributed by atoms with Gasteiger partial charge in [-0.1, -0.05) is 31.3 Å². The molecule has 0 bridgehead atoms. The molecular weight excluding hydrogens is 204 g/mol. The summed E-state index contributed by atoms with van der Waals surface area (Å²) in [5.74, 6) is 0.768. The minimum absolute atomic E-state index is 0.768. The van der Waals surface area contributed by atoms with Gasteiger partial charge in [0.1, 0.15) is 0 Å². The average Bonchev–Trinajstić information content (AvgIpc) is 2.32. The highest BCUT2D eigenvalue weighted by molar-refractivity contribution is 8.05. The summed E-state index contributed by atoms with van der Waals surface area (Å²) in [7, 11) is -1.03. The molecule has 0 aromatic heterocycles. The van der Waals surface area contributed by atoms with Gasteiger partial charge < -0.3 is 0 Å². The van der Waals surface area contributed by atoms with Crippen molar-refractivity contribution >= 4 is 19.8 Å². The van der Waals surface area contributed by atoms with Gasteiger partial charge in [0.15, 0.2) is 0 Å². The van der Waals surface area contributed by atoms with E-state index in [0.717, 1.165) is 17.2 Å². The Morgan fingerprint density at radius 1 is 1.36 bits per heavy atom. The molecule has 0 spiro atoms. The molecule has 0 aromatic carbocycles. The molecule has 0 saturated carbocycles. The molecule has 0 aromatic rings. The van der Waals surface area contributed by atoms with Gasteiger partial charge in [0.05, 0.1) is 8.07 Å². The largest absolute Gasteiger partial charge is 0.130 e. The van der Waals surface area contributed by atoms with Gasteiger partial charge in [-0.3, -0.25) is 0 Å². The van der Waals surface area contributed by atoms with E-state index >= 15 is 0 Å². The fraction of sp³-hybridized carbons (Fsp3) is 0.667. The van der Waals surface area contributed by atoms with Gasteiger partial charge in [-0.05, 0) is 31.1 Å². The second-order valence-electron chi connectivity index (χ2n) is 5.27. The fourth-order valence-electron chi connectivity index (χ4n) is 2.11. The van der Waals surface area contributed by atoms with Crippen molar-refractivity contribution in [2.75, 3.05) is 0 Å². The van der Waals surface area contributed by atoms with Crippen molar-refractivity contribution < 1.29 is 0 Å². The van der Waals surface area contributed by atoms with E-state index in [1.807, 2.05) is 0 Å². The zero-order chi connectivity index (χ0) is 10.9. The number of hydrogen-bond acceptors (Lipinski definition) is 1. The quantitative estimate of drug-likeness (QED) is 0.505. The van der Waals surface area contributed by atoms with E-state index in [-0.39, 0.29) is 0 Å². The van der Waals surface area contributed by atoms with Crippen molar-refractivity contribution in [3.05, 3.63) is 23.1 Å². The summed E-state index contributed by atoms with van der Waals surface area (Å²) in [5, 5.41) is 0. The van der Waals surface area contributed by atoms with Crippen LogP contribution in [0.1, 0.15) is 20.3 Å². The lowest BCUT2D eigenvalue weighted by Gasteiger charge is -2.30. The Labute approximate surface area is 93.9 Å². The van der Waals surface area contributed by atoms with Crippen LogP contribution in [0.25, 0.3) is 0 Å².